The van der Waals surface area contributed by atoms with Crippen LogP contribution in [-0.4, -0.2) is 52.4 Å². The first kappa shape index (κ1) is 21.2. The van der Waals surface area contributed by atoms with Crippen molar-refractivity contribution in [3.05, 3.63) is 42.0 Å². The zero-order valence-corrected chi connectivity index (χ0v) is 17.6. The van der Waals surface area contributed by atoms with E-state index in [9.17, 15) is 0 Å². The lowest BCUT2D eigenvalue weighted by Crippen LogP contribution is -2.41. The third kappa shape index (κ3) is 6.52. The van der Waals surface area contributed by atoms with Crippen molar-refractivity contribution in [3.8, 4) is 5.75 Å². The molecule has 2 aromatic rings. The maximum absolute atomic E-state index is 5.85. The average molecular weight is 458 g/mol. The van der Waals surface area contributed by atoms with E-state index in [1.54, 1.807) is 4.68 Å². The van der Waals surface area contributed by atoms with E-state index in [1.807, 2.05) is 45.3 Å². The van der Waals surface area contributed by atoms with E-state index in [2.05, 4.69) is 32.2 Å². The molecule has 0 radical (unpaired) electrons. The average Bonchev–Trinajstić information content (AvgIpc) is 2.98. The van der Waals surface area contributed by atoms with Crippen LogP contribution in [0.1, 0.15) is 18.3 Å². The van der Waals surface area contributed by atoms with E-state index in [-0.39, 0.29) is 24.0 Å². The number of likely N-dealkylation sites (N-methyl/N-ethyl adjacent to an activating group) is 1. The van der Waals surface area contributed by atoms with Gasteiger partial charge in [0.25, 0.3) is 0 Å². The zero-order chi connectivity index (χ0) is 17.4. The fourth-order valence-electron chi connectivity index (χ4n) is 2.20. The fraction of sp³-hybridized carbons (Fsp3) is 0.471. The van der Waals surface area contributed by atoms with Crippen LogP contribution >= 0.6 is 24.0 Å². The van der Waals surface area contributed by atoms with Gasteiger partial charge in [-0.25, -0.2) is 9.98 Å². The monoisotopic (exact) mass is 458 g/mol. The zero-order valence-electron chi connectivity index (χ0n) is 15.3. The first-order chi connectivity index (χ1) is 11.6. The lowest BCUT2D eigenvalue weighted by molar-refractivity contribution is 0.280. The van der Waals surface area contributed by atoms with Crippen LogP contribution in [0.5, 0.6) is 5.75 Å². The van der Waals surface area contributed by atoms with Crippen molar-refractivity contribution in [3.63, 3.8) is 0 Å². The van der Waals surface area contributed by atoms with E-state index in [0.29, 0.717) is 13.2 Å². The summed E-state index contributed by atoms with van der Waals surface area (Å²) in [4.78, 5) is 10.9. The molecule has 0 aliphatic carbocycles. The Balaban J connectivity index is 0.00000312. The minimum Gasteiger partial charge on any atom is -0.491 e. The minimum absolute atomic E-state index is 0. The molecule has 0 amide bonds. The van der Waals surface area contributed by atoms with Crippen molar-refractivity contribution in [1.82, 2.24) is 25.0 Å². The van der Waals surface area contributed by atoms with Gasteiger partial charge < -0.3 is 15.0 Å². The molecular weight excluding hydrogens is 431 g/mol. The summed E-state index contributed by atoms with van der Waals surface area (Å²) in [5.41, 5.74) is 1.14. The van der Waals surface area contributed by atoms with Gasteiger partial charge in [-0.15, -0.1) is 24.0 Å². The van der Waals surface area contributed by atoms with E-state index in [4.69, 9.17) is 4.74 Å². The Bertz CT molecular complexity index is 673. The molecule has 0 atom stereocenters. The van der Waals surface area contributed by atoms with Crippen LogP contribution in [0.25, 0.3) is 0 Å². The number of benzene rings is 1. The molecule has 1 aromatic carbocycles. The Morgan fingerprint density at radius 1 is 1.36 bits per heavy atom. The van der Waals surface area contributed by atoms with Crippen LogP contribution in [0, 0.1) is 6.92 Å². The normalized spacial score (nSPS) is 11.0. The second-order valence-electron chi connectivity index (χ2n) is 5.51. The molecule has 1 N–H and O–H groups in total. The molecule has 1 heterocycles. The number of para-hydroxylation sites is 1. The maximum atomic E-state index is 5.85. The molecule has 0 unspecified atom stereocenters. The summed E-state index contributed by atoms with van der Waals surface area (Å²) in [6.07, 6.45) is 1.54. The van der Waals surface area contributed by atoms with Crippen molar-refractivity contribution in [2.24, 2.45) is 12.0 Å². The van der Waals surface area contributed by atoms with Gasteiger partial charge in [-0.1, -0.05) is 18.2 Å². The Morgan fingerprint density at radius 3 is 2.76 bits per heavy atom. The Morgan fingerprint density at radius 2 is 2.12 bits per heavy atom. The van der Waals surface area contributed by atoms with Crippen LogP contribution in [0.4, 0.5) is 0 Å². The van der Waals surface area contributed by atoms with Gasteiger partial charge in [-0.05, 0) is 25.5 Å². The largest absolute Gasteiger partial charge is 0.491 e. The number of nitrogens with one attached hydrogen (secondary N) is 1. The molecule has 0 bridgehead atoms. The summed E-state index contributed by atoms with van der Waals surface area (Å²) in [5.74, 6) is 2.58. The fourth-order valence-corrected chi connectivity index (χ4v) is 2.20. The van der Waals surface area contributed by atoms with E-state index in [1.165, 1.54) is 6.33 Å². The number of nitrogens with zero attached hydrogens (tertiary/aromatic N) is 5. The standard InChI is InChI=1S/C17H26N6O.HI/c1-5-18-17(19-12-16-20-13-21-23(16)4)22(3)10-11-24-15-9-7-6-8-14(15)2;/h6-9,13H,5,10-12H2,1-4H3,(H,18,19);1H. The molecule has 25 heavy (non-hydrogen) atoms. The highest BCUT2D eigenvalue weighted by atomic mass is 127. The molecule has 1 aromatic heterocycles. The number of rotatable bonds is 7. The maximum Gasteiger partial charge on any atom is 0.194 e. The number of ether oxygens (including phenoxy) is 1. The van der Waals surface area contributed by atoms with Gasteiger partial charge in [0.15, 0.2) is 5.96 Å². The summed E-state index contributed by atoms with van der Waals surface area (Å²) < 4.78 is 7.58. The quantitative estimate of drug-likeness (QED) is 0.392. The van der Waals surface area contributed by atoms with Gasteiger partial charge in [0.05, 0.1) is 6.54 Å². The third-order valence-corrected chi connectivity index (χ3v) is 3.65. The highest BCUT2D eigenvalue weighted by Gasteiger charge is 2.07. The lowest BCUT2D eigenvalue weighted by Gasteiger charge is -2.22. The Labute approximate surface area is 166 Å². The molecule has 0 aliphatic heterocycles. The molecule has 0 aliphatic rings. The van der Waals surface area contributed by atoms with Crippen LogP contribution in [0.2, 0.25) is 0 Å². The minimum atomic E-state index is 0. The number of aromatic nitrogens is 3. The number of hydrogen-bond acceptors (Lipinski definition) is 4. The second-order valence-corrected chi connectivity index (χ2v) is 5.51. The first-order valence-electron chi connectivity index (χ1n) is 8.12. The first-order valence-corrected chi connectivity index (χ1v) is 8.12. The predicted molar refractivity (Wildman–Crippen MR) is 111 cm³/mol. The summed E-state index contributed by atoms with van der Waals surface area (Å²) in [7, 11) is 3.86. The van der Waals surface area contributed by atoms with Crippen molar-refractivity contribution in [2.45, 2.75) is 20.4 Å². The summed E-state index contributed by atoms with van der Waals surface area (Å²) in [6.45, 7) is 6.72. The van der Waals surface area contributed by atoms with Gasteiger partial charge in [0.1, 0.15) is 31.1 Å². The van der Waals surface area contributed by atoms with Gasteiger partial charge >= 0.3 is 0 Å². The molecular formula is C17H27IN6O. The molecule has 7 nitrogen and oxygen atoms in total. The molecule has 0 saturated carbocycles. The van der Waals surface area contributed by atoms with Gasteiger partial charge in [0.2, 0.25) is 0 Å². The molecule has 0 spiro atoms. The smallest absolute Gasteiger partial charge is 0.194 e. The van der Waals surface area contributed by atoms with Crippen molar-refractivity contribution in [2.75, 3.05) is 26.7 Å². The van der Waals surface area contributed by atoms with E-state index in [0.717, 1.165) is 36.2 Å². The highest BCUT2D eigenvalue weighted by Crippen LogP contribution is 2.15. The van der Waals surface area contributed by atoms with Crippen molar-refractivity contribution < 1.29 is 4.74 Å². The number of hydrogen-bond donors (Lipinski definition) is 1. The van der Waals surface area contributed by atoms with Crippen molar-refractivity contribution >= 4 is 29.9 Å². The molecule has 2 rings (SSSR count). The topological polar surface area (TPSA) is 67.6 Å². The van der Waals surface area contributed by atoms with Crippen LogP contribution < -0.4 is 10.1 Å². The third-order valence-electron chi connectivity index (χ3n) is 3.65. The summed E-state index contributed by atoms with van der Waals surface area (Å²) in [5, 5.41) is 7.35. The number of aryl methyl sites for hydroxylation is 2. The van der Waals surface area contributed by atoms with Crippen LogP contribution in [0.3, 0.4) is 0 Å². The van der Waals surface area contributed by atoms with Gasteiger partial charge in [0, 0.05) is 20.6 Å². The van der Waals surface area contributed by atoms with Gasteiger partial charge in [-0.2, -0.15) is 5.10 Å². The number of aliphatic imine (C=N–C) groups is 1. The lowest BCUT2D eigenvalue weighted by atomic mass is 10.2. The predicted octanol–water partition coefficient (Wildman–Crippen LogP) is 2.22. The number of guanidine groups is 1. The molecule has 0 fully saturated rings. The van der Waals surface area contributed by atoms with Gasteiger partial charge in [-0.3, -0.25) is 4.68 Å². The van der Waals surface area contributed by atoms with Crippen LogP contribution in [0.15, 0.2) is 35.6 Å². The van der Waals surface area contributed by atoms with Crippen molar-refractivity contribution in [1.29, 1.82) is 0 Å². The molecule has 0 saturated heterocycles. The Kier molecular flexibility index (Phi) is 9.25. The molecule has 138 valence electrons. The second kappa shape index (κ2) is 10.9. The Hall–Kier alpha value is -1.84. The summed E-state index contributed by atoms with van der Waals surface area (Å²) >= 11 is 0. The SMILES string of the molecule is CCNC(=NCc1ncnn1C)N(C)CCOc1ccccc1C.I. The highest BCUT2D eigenvalue weighted by molar-refractivity contribution is 14.0. The summed E-state index contributed by atoms with van der Waals surface area (Å²) in [6, 6.07) is 8.03. The number of halogens is 1. The van der Waals surface area contributed by atoms with E-state index >= 15 is 0 Å². The molecule has 8 heteroatoms. The van der Waals surface area contributed by atoms with E-state index < -0.39 is 0 Å². The van der Waals surface area contributed by atoms with Crippen LogP contribution in [-0.2, 0) is 13.6 Å².